The minimum absolute atomic E-state index is 0.0490. The quantitative estimate of drug-likeness (QED) is 0.422. The van der Waals surface area contributed by atoms with Crippen LogP contribution >= 0.6 is 0 Å². The molecule has 0 aliphatic heterocycles. The molecule has 1 heterocycles. The maximum absolute atomic E-state index is 12.6. The maximum atomic E-state index is 12.6. The Kier molecular flexibility index (Phi) is 4.24. The van der Waals surface area contributed by atoms with Gasteiger partial charge >= 0.3 is 0 Å². The average molecular weight is 352 g/mol. The fraction of sp³-hybridized carbons (Fsp3) is 0. The van der Waals surface area contributed by atoms with Crippen molar-refractivity contribution in [2.45, 2.75) is 0 Å². The van der Waals surface area contributed by atoms with E-state index < -0.39 is 22.0 Å². The monoisotopic (exact) mass is 352 g/mol. The first-order valence-corrected chi connectivity index (χ1v) is 7.41. The molecule has 0 saturated carbocycles. The van der Waals surface area contributed by atoms with Crippen LogP contribution in [0.15, 0.2) is 65.6 Å². The Morgan fingerprint density at radius 1 is 1.04 bits per heavy atom. The largest absolute Gasteiger partial charge is 0.508 e. The van der Waals surface area contributed by atoms with E-state index in [2.05, 4.69) is 0 Å². The number of carbonyl (C=O) groups excluding carboxylic acids is 1. The van der Waals surface area contributed by atoms with Crippen LogP contribution in [-0.2, 0) is 0 Å². The molecule has 26 heavy (non-hydrogen) atoms. The third kappa shape index (κ3) is 3.16. The summed E-state index contributed by atoms with van der Waals surface area (Å²) in [6.07, 6.45) is 1.25. The number of nitrogens with zero attached hydrogens (tertiary/aromatic N) is 2. The number of hydrogen-bond donors (Lipinski definition) is 2. The summed E-state index contributed by atoms with van der Waals surface area (Å²) < 4.78 is 1.11. The number of phenolic OH excluding ortho intramolecular Hbond substituents is 2. The number of pyridine rings is 1. The highest BCUT2D eigenvalue weighted by molar-refractivity contribution is 6.10. The van der Waals surface area contributed by atoms with Gasteiger partial charge in [0.05, 0.1) is 16.2 Å². The fourth-order valence-corrected chi connectivity index (χ4v) is 2.45. The van der Waals surface area contributed by atoms with Gasteiger partial charge in [-0.2, -0.15) is 0 Å². The number of ketones is 1. The van der Waals surface area contributed by atoms with Crippen molar-refractivity contribution in [2.24, 2.45) is 0 Å². The maximum Gasteiger partial charge on any atom is 0.271 e. The van der Waals surface area contributed by atoms with Crippen molar-refractivity contribution >= 4 is 11.5 Å². The molecular formula is C18H12N2O6. The van der Waals surface area contributed by atoms with Crippen LogP contribution in [0.2, 0.25) is 0 Å². The summed E-state index contributed by atoms with van der Waals surface area (Å²) >= 11 is 0. The lowest BCUT2D eigenvalue weighted by atomic mass is 10.0. The summed E-state index contributed by atoms with van der Waals surface area (Å²) in [6, 6.07) is 11.4. The van der Waals surface area contributed by atoms with E-state index >= 15 is 0 Å². The second kappa shape index (κ2) is 6.52. The van der Waals surface area contributed by atoms with Crippen LogP contribution in [0, 0.1) is 10.1 Å². The Morgan fingerprint density at radius 3 is 2.50 bits per heavy atom. The molecule has 0 aliphatic rings. The van der Waals surface area contributed by atoms with Gasteiger partial charge in [-0.05, 0) is 24.3 Å². The summed E-state index contributed by atoms with van der Waals surface area (Å²) in [7, 11) is 0. The first-order valence-electron chi connectivity index (χ1n) is 7.41. The highest BCUT2D eigenvalue weighted by Gasteiger charge is 2.16. The third-order valence-electron chi connectivity index (χ3n) is 3.72. The van der Waals surface area contributed by atoms with Crippen molar-refractivity contribution in [1.29, 1.82) is 0 Å². The van der Waals surface area contributed by atoms with E-state index in [9.17, 15) is 29.9 Å². The van der Waals surface area contributed by atoms with Gasteiger partial charge < -0.3 is 10.2 Å². The summed E-state index contributed by atoms with van der Waals surface area (Å²) in [5.74, 6) is -1.16. The lowest BCUT2D eigenvalue weighted by Crippen LogP contribution is -2.18. The predicted octanol–water partition coefficient (Wildman–Crippen LogP) is 2.39. The Hall–Kier alpha value is -3.94. The molecule has 0 amide bonds. The third-order valence-corrected chi connectivity index (χ3v) is 3.72. The smallest absolute Gasteiger partial charge is 0.271 e. The van der Waals surface area contributed by atoms with E-state index in [1.165, 1.54) is 48.7 Å². The Bertz CT molecular complexity index is 1090. The van der Waals surface area contributed by atoms with Crippen molar-refractivity contribution in [2.75, 3.05) is 0 Å². The number of nitro benzene ring substituents is 1. The topological polar surface area (TPSA) is 123 Å². The molecule has 0 bridgehead atoms. The number of aromatic hydroxyl groups is 2. The van der Waals surface area contributed by atoms with E-state index in [4.69, 9.17) is 0 Å². The van der Waals surface area contributed by atoms with Gasteiger partial charge in [-0.1, -0.05) is 6.07 Å². The van der Waals surface area contributed by atoms with Crippen molar-refractivity contribution in [1.82, 2.24) is 4.57 Å². The number of rotatable bonds is 4. The second-order valence-electron chi connectivity index (χ2n) is 5.43. The normalized spacial score (nSPS) is 10.5. The zero-order chi connectivity index (χ0) is 18.8. The summed E-state index contributed by atoms with van der Waals surface area (Å²) in [5.41, 5.74) is -0.391. The Morgan fingerprint density at radius 2 is 1.81 bits per heavy atom. The molecule has 8 nitrogen and oxygen atoms in total. The molecule has 0 aliphatic carbocycles. The fourth-order valence-electron chi connectivity index (χ4n) is 2.45. The van der Waals surface area contributed by atoms with E-state index in [1.54, 1.807) is 0 Å². The van der Waals surface area contributed by atoms with Gasteiger partial charge in [-0.3, -0.25) is 24.3 Å². The molecule has 0 fully saturated rings. The van der Waals surface area contributed by atoms with E-state index in [0.717, 1.165) is 16.7 Å². The van der Waals surface area contributed by atoms with Gasteiger partial charge in [0.1, 0.15) is 11.5 Å². The van der Waals surface area contributed by atoms with Crippen molar-refractivity contribution in [3.8, 4) is 17.2 Å². The predicted molar refractivity (Wildman–Crippen MR) is 91.9 cm³/mol. The van der Waals surface area contributed by atoms with Gasteiger partial charge in [0.2, 0.25) is 0 Å². The minimum atomic E-state index is -0.585. The number of carbonyl (C=O) groups is 1. The first-order chi connectivity index (χ1) is 12.4. The van der Waals surface area contributed by atoms with Gasteiger partial charge in [0, 0.05) is 36.0 Å². The number of aromatic nitrogens is 1. The molecule has 0 spiro atoms. The van der Waals surface area contributed by atoms with Crippen LogP contribution in [0.5, 0.6) is 11.5 Å². The summed E-state index contributed by atoms with van der Waals surface area (Å²) in [6.45, 7) is 0. The standard InChI is InChI=1S/C18H12N2O6/c21-14-5-6-15(16(22)9-14)18(24)11-4-7-17(23)19(10-11)12-2-1-3-13(8-12)20(25)26/h1-10,21-22H. The molecule has 1 aromatic heterocycles. The summed E-state index contributed by atoms with van der Waals surface area (Å²) in [4.78, 5) is 35.0. The van der Waals surface area contributed by atoms with Gasteiger partial charge in [-0.25, -0.2) is 0 Å². The van der Waals surface area contributed by atoms with Crippen molar-refractivity contribution in [3.05, 3.63) is 92.4 Å². The second-order valence-corrected chi connectivity index (χ2v) is 5.43. The van der Waals surface area contributed by atoms with E-state index in [0.29, 0.717) is 0 Å². The van der Waals surface area contributed by atoms with Gasteiger partial charge in [-0.15, -0.1) is 0 Å². The van der Waals surface area contributed by atoms with Crippen molar-refractivity contribution < 1.29 is 19.9 Å². The van der Waals surface area contributed by atoms with Crippen LogP contribution in [0.25, 0.3) is 5.69 Å². The Balaban J connectivity index is 2.08. The van der Waals surface area contributed by atoms with E-state index in [-0.39, 0.29) is 28.3 Å². The lowest BCUT2D eigenvalue weighted by Gasteiger charge is -2.09. The molecular weight excluding hydrogens is 340 g/mol. The number of non-ortho nitro benzene ring substituents is 1. The number of hydrogen-bond acceptors (Lipinski definition) is 6. The molecule has 0 radical (unpaired) electrons. The van der Waals surface area contributed by atoms with Gasteiger partial charge in [0.25, 0.3) is 11.2 Å². The van der Waals surface area contributed by atoms with Crippen molar-refractivity contribution in [3.63, 3.8) is 0 Å². The van der Waals surface area contributed by atoms with Crippen LogP contribution in [0.4, 0.5) is 5.69 Å². The van der Waals surface area contributed by atoms with Crippen LogP contribution in [-0.4, -0.2) is 25.5 Å². The molecule has 130 valence electrons. The number of nitro groups is 1. The molecule has 8 heteroatoms. The zero-order valence-electron chi connectivity index (χ0n) is 13.2. The molecule has 0 saturated heterocycles. The summed E-state index contributed by atoms with van der Waals surface area (Å²) in [5, 5.41) is 30.1. The molecule has 2 aromatic carbocycles. The molecule has 3 aromatic rings. The zero-order valence-corrected chi connectivity index (χ0v) is 13.2. The average Bonchev–Trinajstić information content (AvgIpc) is 2.61. The highest BCUT2D eigenvalue weighted by Crippen LogP contribution is 2.25. The van der Waals surface area contributed by atoms with E-state index in [1.807, 2.05) is 0 Å². The molecule has 2 N–H and O–H groups in total. The number of benzene rings is 2. The number of phenols is 2. The van der Waals surface area contributed by atoms with Gasteiger partial charge in [0.15, 0.2) is 5.78 Å². The lowest BCUT2D eigenvalue weighted by molar-refractivity contribution is -0.384. The minimum Gasteiger partial charge on any atom is -0.508 e. The van der Waals surface area contributed by atoms with Crippen LogP contribution < -0.4 is 5.56 Å². The first kappa shape index (κ1) is 16.9. The molecule has 3 rings (SSSR count). The Labute approximate surface area is 146 Å². The van der Waals surface area contributed by atoms with Crippen LogP contribution in [0.1, 0.15) is 15.9 Å². The molecule has 0 unspecified atom stereocenters. The highest BCUT2D eigenvalue weighted by atomic mass is 16.6. The molecule has 0 atom stereocenters. The van der Waals surface area contributed by atoms with Crippen LogP contribution in [0.3, 0.4) is 0 Å². The SMILES string of the molecule is O=C(c1ccc(=O)n(-c2cccc([N+](=O)[O-])c2)c1)c1ccc(O)cc1O.